The molecule has 1 aliphatic heterocycles. The van der Waals surface area contributed by atoms with Gasteiger partial charge in [0.05, 0.1) is 0 Å². The molecule has 0 aliphatic carbocycles. The van der Waals surface area contributed by atoms with Crippen LogP contribution in [0.1, 0.15) is 27.7 Å². The van der Waals surface area contributed by atoms with E-state index in [0.29, 0.717) is 0 Å². The van der Waals surface area contributed by atoms with E-state index in [1.54, 1.807) is 6.92 Å². The van der Waals surface area contributed by atoms with Gasteiger partial charge < -0.3 is 0 Å². The van der Waals surface area contributed by atoms with Crippen molar-refractivity contribution in [2.24, 2.45) is 5.41 Å². The lowest BCUT2D eigenvalue weighted by Crippen LogP contribution is -2.44. The third kappa shape index (κ3) is 1.24. The summed E-state index contributed by atoms with van der Waals surface area (Å²) in [6.07, 6.45) is 0. The zero-order valence-electron chi connectivity index (χ0n) is 7.72. The number of nitrogens with one attached hydrogen (secondary N) is 1. The van der Waals surface area contributed by atoms with Crippen LogP contribution in [-0.2, 0) is 4.79 Å². The number of imide groups is 1. The minimum atomic E-state index is -0.621. The fourth-order valence-electron chi connectivity index (χ4n) is 0.963. The standard InChI is InChI=1S/C8H13NO2S/c1-7(2,3)8(4)5(10)9-6(11)12-8/h1-4H3,(H,9,10,11). The average molecular weight is 187 g/mol. The van der Waals surface area contributed by atoms with E-state index in [1.165, 1.54) is 0 Å². The van der Waals surface area contributed by atoms with Crippen LogP contribution in [0.5, 0.6) is 0 Å². The molecule has 1 fully saturated rings. The lowest BCUT2D eigenvalue weighted by molar-refractivity contribution is -0.123. The van der Waals surface area contributed by atoms with E-state index in [9.17, 15) is 9.59 Å². The monoisotopic (exact) mass is 187 g/mol. The summed E-state index contributed by atoms with van der Waals surface area (Å²) in [5.41, 5.74) is -0.200. The van der Waals surface area contributed by atoms with Gasteiger partial charge >= 0.3 is 0 Å². The van der Waals surface area contributed by atoms with Crippen molar-refractivity contribution in [1.82, 2.24) is 5.32 Å². The van der Waals surface area contributed by atoms with Gasteiger partial charge in [0.2, 0.25) is 5.91 Å². The average Bonchev–Trinajstić information content (AvgIpc) is 2.06. The fraction of sp³-hybridized carbons (Fsp3) is 0.750. The molecule has 1 aliphatic rings. The quantitative estimate of drug-likeness (QED) is 0.628. The molecule has 1 atom stereocenters. The normalized spacial score (nSPS) is 30.7. The summed E-state index contributed by atoms with van der Waals surface area (Å²) in [6.45, 7) is 7.67. The molecule has 0 saturated carbocycles. The van der Waals surface area contributed by atoms with Crippen LogP contribution in [0.25, 0.3) is 0 Å². The van der Waals surface area contributed by atoms with Crippen molar-refractivity contribution in [2.75, 3.05) is 0 Å². The highest BCUT2D eigenvalue weighted by Gasteiger charge is 2.51. The maximum Gasteiger partial charge on any atom is 0.286 e. The highest BCUT2D eigenvalue weighted by molar-refractivity contribution is 8.16. The van der Waals surface area contributed by atoms with Crippen LogP contribution in [0.2, 0.25) is 0 Å². The number of thioether (sulfide) groups is 1. The Morgan fingerprint density at radius 3 is 2.00 bits per heavy atom. The molecule has 0 bridgehead atoms. The van der Waals surface area contributed by atoms with Gasteiger partial charge in [-0.3, -0.25) is 14.9 Å². The molecule has 0 spiro atoms. The number of hydrogen-bond acceptors (Lipinski definition) is 3. The minimum absolute atomic E-state index is 0.176. The predicted octanol–water partition coefficient (Wildman–Crippen LogP) is 1.77. The number of amides is 2. The molecule has 0 aromatic carbocycles. The van der Waals surface area contributed by atoms with Crippen LogP contribution in [-0.4, -0.2) is 15.9 Å². The number of rotatable bonds is 0. The summed E-state index contributed by atoms with van der Waals surface area (Å²) in [4.78, 5) is 22.3. The Balaban J connectivity index is 3.00. The molecule has 1 unspecified atom stereocenters. The Bertz CT molecular complexity index is 244. The summed E-state index contributed by atoms with van der Waals surface area (Å²) in [7, 11) is 0. The zero-order chi connectivity index (χ0) is 9.57. The molecule has 1 saturated heterocycles. The Morgan fingerprint density at radius 2 is 1.83 bits per heavy atom. The molecule has 1 rings (SSSR count). The molecule has 3 nitrogen and oxygen atoms in total. The number of carbonyl (C=O) groups excluding carboxylic acids is 2. The van der Waals surface area contributed by atoms with Crippen LogP contribution in [0.3, 0.4) is 0 Å². The molecule has 0 aromatic rings. The first kappa shape index (κ1) is 9.58. The first-order chi connectivity index (χ1) is 5.27. The van der Waals surface area contributed by atoms with Crippen molar-refractivity contribution in [1.29, 1.82) is 0 Å². The van der Waals surface area contributed by atoms with Crippen molar-refractivity contribution in [3.8, 4) is 0 Å². The highest BCUT2D eigenvalue weighted by atomic mass is 32.2. The molecule has 12 heavy (non-hydrogen) atoms. The number of hydrogen-bond donors (Lipinski definition) is 1. The van der Waals surface area contributed by atoms with Gasteiger partial charge in [0.25, 0.3) is 5.24 Å². The van der Waals surface area contributed by atoms with Crippen molar-refractivity contribution < 1.29 is 9.59 Å². The summed E-state index contributed by atoms with van der Waals surface area (Å²) >= 11 is 1.08. The smallest absolute Gasteiger partial charge is 0.286 e. The third-order valence-corrected chi connectivity index (χ3v) is 3.87. The molecule has 1 heterocycles. The first-order valence-electron chi connectivity index (χ1n) is 3.82. The number of carbonyl (C=O) groups is 2. The summed E-state index contributed by atoms with van der Waals surface area (Å²) < 4.78 is -0.621. The SMILES string of the molecule is CC(C)(C)C1(C)SC(=O)NC1=O. The molecular weight excluding hydrogens is 174 g/mol. The van der Waals surface area contributed by atoms with Crippen molar-refractivity contribution in [2.45, 2.75) is 32.4 Å². The summed E-state index contributed by atoms with van der Waals surface area (Å²) in [5, 5.41) is 2.06. The maximum absolute atomic E-state index is 11.4. The van der Waals surface area contributed by atoms with Crippen molar-refractivity contribution in [3.63, 3.8) is 0 Å². The van der Waals surface area contributed by atoms with E-state index in [0.717, 1.165) is 11.8 Å². The van der Waals surface area contributed by atoms with Crippen LogP contribution in [0.15, 0.2) is 0 Å². The van der Waals surface area contributed by atoms with Gasteiger partial charge in [-0.15, -0.1) is 0 Å². The van der Waals surface area contributed by atoms with Gasteiger partial charge in [0, 0.05) is 0 Å². The van der Waals surface area contributed by atoms with Crippen LogP contribution in [0, 0.1) is 5.41 Å². The van der Waals surface area contributed by atoms with E-state index in [-0.39, 0.29) is 16.6 Å². The molecule has 0 radical (unpaired) electrons. The largest absolute Gasteiger partial charge is 0.286 e. The van der Waals surface area contributed by atoms with Gasteiger partial charge in [0.1, 0.15) is 4.75 Å². The Morgan fingerprint density at radius 1 is 1.33 bits per heavy atom. The second-order valence-electron chi connectivity index (χ2n) is 4.13. The Labute approximate surface area is 76.3 Å². The van der Waals surface area contributed by atoms with Gasteiger partial charge in [-0.1, -0.05) is 20.8 Å². The third-order valence-electron chi connectivity index (χ3n) is 2.38. The van der Waals surface area contributed by atoms with E-state index in [2.05, 4.69) is 5.32 Å². The maximum atomic E-state index is 11.4. The lowest BCUT2D eigenvalue weighted by atomic mass is 9.80. The highest BCUT2D eigenvalue weighted by Crippen LogP contribution is 2.45. The van der Waals surface area contributed by atoms with Crippen LogP contribution in [0.4, 0.5) is 4.79 Å². The van der Waals surface area contributed by atoms with Crippen LogP contribution < -0.4 is 5.32 Å². The van der Waals surface area contributed by atoms with Crippen molar-refractivity contribution in [3.05, 3.63) is 0 Å². The van der Waals surface area contributed by atoms with Gasteiger partial charge in [-0.25, -0.2) is 0 Å². The van der Waals surface area contributed by atoms with Crippen LogP contribution >= 0.6 is 11.8 Å². The molecular formula is C8H13NO2S. The minimum Gasteiger partial charge on any atom is -0.286 e. The molecule has 4 heteroatoms. The summed E-state index contributed by atoms with van der Waals surface area (Å²) in [6, 6.07) is 0. The molecule has 2 amide bonds. The molecule has 1 N–H and O–H groups in total. The molecule has 68 valence electrons. The Kier molecular flexibility index (Phi) is 1.98. The van der Waals surface area contributed by atoms with Gasteiger partial charge in [-0.2, -0.15) is 0 Å². The predicted molar refractivity (Wildman–Crippen MR) is 49.0 cm³/mol. The van der Waals surface area contributed by atoms with Crippen molar-refractivity contribution >= 4 is 22.9 Å². The van der Waals surface area contributed by atoms with E-state index in [4.69, 9.17) is 0 Å². The topological polar surface area (TPSA) is 46.2 Å². The fourth-order valence-corrected chi connectivity index (χ4v) is 1.93. The van der Waals surface area contributed by atoms with E-state index < -0.39 is 4.75 Å². The van der Waals surface area contributed by atoms with E-state index >= 15 is 0 Å². The second kappa shape index (κ2) is 2.49. The lowest BCUT2D eigenvalue weighted by Gasteiger charge is -2.33. The van der Waals surface area contributed by atoms with Gasteiger partial charge in [-0.05, 0) is 24.1 Å². The first-order valence-corrected chi connectivity index (χ1v) is 4.63. The zero-order valence-corrected chi connectivity index (χ0v) is 8.54. The van der Waals surface area contributed by atoms with E-state index in [1.807, 2.05) is 20.8 Å². The van der Waals surface area contributed by atoms with Gasteiger partial charge in [0.15, 0.2) is 0 Å². The molecule has 0 aromatic heterocycles. The Hall–Kier alpha value is -0.510. The summed E-state index contributed by atoms with van der Waals surface area (Å²) in [5.74, 6) is -0.176. The second-order valence-corrected chi connectivity index (χ2v) is 5.52.